The third-order valence-electron chi connectivity index (χ3n) is 2.79. The highest BCUT2D eigenvalue weighted by Gasteiger charge is 2.32. The van der Waals surface area contributed by atoms with Crippen LogP contribution in [0.25, 0.3) is 0 Å². The molecule has 6 nitrogen and oxygen atoms in total. The van der Waals surface area contributed by atoms with Crippen LogP contribution in [0.2, 0.25) is 0 Å². The number of methoxy groups -OCH3 is 1. The molecule has 0 spiro atoms. The number of hydrogen-bond acceptors (Lipinski definition) is 5. The van der Waals surface area contributed by atoms with Crippen LogP contribution in [0.4, 0.5) is 4.79 Å². The van der Waals surface area contributed by atoms with Gasteiger partial charge < -0.3 is 19.5 Å². The number of amides is 1. The topological polar surface area (TPSA) is 73.9 Å². The van der Waals surface area contributed by atoms with Crippen LogP contribution in [-0.2, 0) is 19.0 Å². The smallest absolute Gasteiger partial charge is 0.408 e. The molecule has 0 aromatic carbocycles. The summed E-state index contributed by atoms with van der Waals surface area (Å²) in [7, 11) is 1.27. The number of rotatable bonds is 9. The van der Waals surface area contributed by atoms with Crippen LogP contribution in [-0.4, -0.2) is 43.5 Å². The highest BCUT2D eigenvalue weighted by Crippen LogP contribution is 2.11. The van der Waals surface area contributed by atoms with Crippen molar-refractivity contribution in [2.45, 2.75) is 64.7 Å². The van der Waals surface area contributed by atoms with E-state index in [9.17, 15) is 9.59 Å². The molecule has 0 aromatic rings. The van der Waals surface area contributed by atoms with E-state index < -0.39 is 29.8 Å². The first-order valence-electron chi connectivity index (χ1n) is 7.55. The second-order valence-electron chi connectivity index (χ2n) is 5.90. The summed E-state index contributed by atoms with van der Waals surface area (Å²) in [5, 5.41) is 2.54. The molecule has 0 aliphatic rings. The Morgan fingerprint density at radius 2 is 1.95 bits per heavy atom. The number of nitrogens with one attached hydrogen (secondary N) is 1. The molecular weight excluding hydrogens is 286 g/mol. The van der Waals surface area contributed by atoms with Gasteiger partial charge in [0, 0.05) is 6.61 Å². The molecule has 2 atom stereocenters. The third kappa shape index (κ3) is 8.67. The van der Waals surface area contributed by atoms with Crippen molar-refractivity contribution in [1.29, 1.82) is 0 Å². The Kier molecular flexibility index (Phi) is 9.49. The number of ether oxygens (including phenoxy) is 3. The van der Waals surface area contributed by atoms with Gasteiger partial charge in [-0.15, -0.1) is 6.58 Å². The third-order valence-corrected chi connectivity index (χ3v) is 2.79. The first kappa shape index (κ1) is 20.4. The number of carbonyl (C=O) groups is 2. The van der Waals surface area contributed by atoms with Crippen LogP contribution in [0.15, 0.2) is 12.7 Å². The molecule has 0 aromatic heterocycles. The molecule has 0 heterocycles. The minimum atomic E-state index is -0.895. The van der Waals surface area contributed by atoms with E-state index in [1.165, 1.54) is 7.11 Å². The van der Waals surface area contributed by atoms with Crippen LogP contribution in [0.5, 0.6) is 0 Å². The van der Waals surface area contributed by atoms with Crippen LogP contribution in [0.1, 0.15) is 47.0 Å². The first-order chi connectivity index (χ1) is 10.2. The fourth-order valence-corrected chi connectivity index (χ4v) is 1.78. The number of alkyl carbamates (subject to hydrolysis) is 1. The van der Waals surface area contributed by atoms with E-state index in [1.54, 1.807) is 26.8 Å². The highest BCUT2D eigenvalue weighted by atomic mass is 16.6. The zero-order chi connectivity index (χ0) is 17.2. The van der Waals surface area contributed by atoms with Crippen LogP contribution in [0.3, 0.4) is 0 Å². The van der Waals surface area contributed by atoms with Crippen molar-refractivity contribution >= 4 is 12.1 Å². The van der Waals surface area contributed by atoms with Gasteiger partial charge >= 0.3 is 12.1 Å². The number of carbonyl (C=O) groups excluding carboxylic acids is 2. The highest BCUT2D eigenvalue weighted by molar-refractivity contribution is 5.82. The van der Waals surface area contributed by atoms with Gasteiger partial charge in [0.15, 0.2) is 6.04 Å². The lowest BCUT2D eigenvalue weighted by Crippen LogP contribution is -2.51. The van der Waals surface area contributed by atoms with Gasteiger partial charge in [-0.2, -0.15) is 0 Å². The molecule has 0 aliphatic carbocycles. The summed E-state index contributed by atoms with van der Waals surface area (Å²) in [6, 6.07) is -0.895. The summed E-state index contributed by atoms with van der Waals surface area (Å²) < 4.78 is 15.6. The van der Waals surface area contributed by atoms with E-state index in [2.05, 4.69) is 11.9 Å². The molecule has 0 radical (unpaired) electrons. The van der Waals surface area contributed by atoms with E-state index in [1.807, 2.05) is 6.92 Å². The van der Waals surface area contributed by atoms with Gasteiger partial charge in [0.05, 0.1) is 13.2 Å². The summed E-state index contributed by atoms with van der Waals surface area (Å²) >= 11 is 0. The standard InChI is InChI=1S/C16H29NO5/c1-7-9-10-11-21-12(8-2)13(14(18)20-6)17-15(19)22-16(3,4)5/h7,12-13H,1,8-11H2,2-6H3,(H,17,19). The van der Waals surface area contributed by atoms with Gasteiger partial charge in [0.1, 0.15) is 5.60 Å². The van der Waals surface area contributed by atoms with Crippen LogP contribution >= 0.6 is 0 Å². The molecule has 2 unspecified atom stereocenters. The maximum Gasteiger partial charge on any atom is 0.408 e. The second-order valence-corrected chi connectivity index (χ2v) is 5.90. The predicted molar refractivity (Wildman–Crippen MR) is 84.6 cm³/mol. The SMILES string of the molecule is C=CCCCOC(CC)C(NC(=O)OC(C)(C)C)C(=O)OC. The molecule has 0 aliphatic heterocycles. The van der Waals surface area contributed by atoms with Gasteiger partial charge in [-0.1, -0.05) is 13.0 Å². The van der Waals surface area contributed by atoms with Crippen LogP contribution < -0.4 is 5.32 Å². The van der Waals surface area contributed by atoms with E-state index >= 15 is 0 Å². The number of esters is 1. The average Bonchev–Trinajstić information content (AvgIpc) is 2.43. The Balaban J connectivity index is 4.74. The fourth-order valence-electron chi connectivity index (χ4n) is 1.78. The fraction of sp³-hybridized carbons (Fsp3) is 0.750. The normalized spacial score (nSPS) is 13.9. The monoisotopic (exact) mass is 315 g/mol. The van der Waals surface area contributed by atoms with E-state index in [0.29, 0.717) is 13.0 Å². The summed E-state index contributed by atoms with van der Waals surface area (Å²) in [6.45, 7) is 11.3. The molecule has 128 valence electrons. The van der Waals surface area contributed by atoms with E-state index in [0.717, 1.165) is 12.8 Å². The maximum atomic E-state index is 11.9. The lowest BCUT2D eigenvalue weighted by molar-refractivity contribution is -0.147. The number of hydrogen-bond donors (Lipinski definition) is 1. The van der Waals surface area contributed by atoms with Gasteiger partial charge in [-0.05, 0) is 40.0 Å². The van der Waals surface area contributed by atoms with Crippen molar-refractivity contribution in [2.75, 3.05) is 13.7 Å². The molecule has 22 heavy (non-hydrogen) atoms. The zero-order valence-corrected chi connectivity index (χ0v) is 14.3. The maximum absolute atomic E-state index is 11.9. The van der Waals surface area contributed by atoms with Gasteiger partial charge in [-0.3, -0.25) is 0 Å². The Hall–Kier alpha value is -1.56. The van der Waals surface area contributed by atoms with Crippen molar-refractivity contribution in [3.05, 3.63) is 12.7 Å². The molecule has 0 fully saturated rings. The summed E-state index contributed by atoms with van der Waals surface area (Å²) in [4.78, 5) is 23.8. The van der Waals surface area contributed by atoms with Gasteiger partial charge in [-0.25, -0.2) is 9.59 Å². The lowest BCUT2D eigenvalue weighted by Gasteiger charge is -2.27. The van der Waals surface area contributed by atoms with Crippen molar-refractivity contribution in [3.8, 4) is 0 Å². The molecule has 0 rings (SSSR count). The van der Waals surface area contributed by atoms with Crippen LogP contribution in [0, 0.1) is 0 Å². The Labute approximate surface area is 133 Å². The van der Waals surface area contributed by atoms with Crippen molar-refractivity contribution in [1.82, 2.24) is 5.32 Å². The summed E-state index contributed by atoms with van der Waals surface area (Å²) in [5.74, 6) is -0.554. The summed E-state index contributed by atoms with van der Waals surface area (Å²) in [5.41, 5.74) is -0.642. The molecule has 0 bridgehead atoms. The van der Waals surface area contributed by atoms with Crippen molar-refractivity contribution in [3.63, 3.8) is 0 Å². The average molecular weight is 315 g/mol. The van der Waals surface area contributed by atoms with Crippen molar-refractivity contribution in [2.24, 2.45) is 0 Å². The largest absolute Gasteiger partial charge is 0.467 e. The molecule has 0 saturated carbocycles. The molecule has 0 saturated heterocycles. The Bertz CT molecular complexity index is 362. The molecule has 1 N–H and O–H groups in total. The zero-order valence-electron chi connectivity index (χ0n) is 14.3. The van der Waals surface area contributed by atoms with Crippen molar-refractivity contribution < 1.29 is 23.8 Å². The van der Waals surface area contributed by atoms with Gasteiger partial charge in [0.25, 0.3) is 0 Å². The predicted octanol–water partition coefficient (Wildman–Crippen LogP) is 2.81. The van der Waals surface area contributed by atoms with E-state index in [4.69, 9.17) is 14.2 Å². The number of unbranched alkanes of at least 4 members (excludes halogenated alkanes) is 1. The first-order valence-corrected chi connectivity index (χ1v) is 7.55. The quantitative estimate of drug-likeness (QED) is 0.402. The van der Waals surface area contributed by atoms with E-state index in [-0.39, 0.29) is 0 Å². The minimum Gasteiger partial charge on any atom is -0.467 e. The Morgan fingerprint density at radius 1 is 1.32 bits per heavy atom. The molecular formula is C16H29NO5. The number of allylic oxidation sites excluding steroid dienone is 1. The minimum absolute atomic E-state index is 0.468. The second kappa shape index (κ2) is 10.2. The summed E-state index contributed by atoms with van der Waals surface area (Å²) in [6.07, 6.45) is 2.87. The molecule has 1 amide bonds. The Morgan fingerprint density at radius 3 is 2.41 bits per heavy atom. The molecule has 6 heteroatoms. The van der Waals surface area contributed by atoms with Gasteiger partial charge in [0.2, 0.25) is 0 Å². The lowest BCUT2D eigenvalue weighted by atomic mass is 10.1.